The molecule has 23 heavy (non-hydrogen) atoms. The second-order valence-corrected chi connectivity index (χ2v) is 9.33. The molecule has 1 aromatic carbocycles. The summed E-state index contributed by atoms with van der Waals surface area (Å²) in [5.74, 6) is 3.45. The van der Waals surface area contributed by atoms with E-state index in [1.165, 1.54) is 41.2 Å². The first-order chi connectivity index (χ1) is 9.85. The van der Waals surface area contributed by atoms with Crippen molar-refractivity contribution in [3.63, 3.8) is 0 Å². The van der Waals surface area contributed by atoms with Gasteiger partial charge >= 0.3 is 41.5 Å². The molecule has 0 spiro atoms. The van der Waals surface area contributed by atoms with Gasteiger partial charge in [-0.3, -0.25) is 0 Å². The Morgan fingerprint density at radius 2 is 1.17 bits per heavy atom. The topological polar surface area (TPSA) is 106 Å². The Kier molecular flexibility index (Phi) is 16.5. The fourth-order valence-electron chi connectivity index (χ4n) is 2.01. The molecule has 0 aliphatic heterocycles. The Morgan fingerprint density at radius 1 is 0.870 bits per heavy atom. The van der Waals surface area contributed by atoms with Gasteiger partial charge in [0.2, 0.25) is 0 Å². The molecule has 130 valence electrons. The number of carboxylic acid groups (broad SMARTS) is 2. The molecule has 0 fully saturated rings. The van der Waals surface area contributed by atoms with Gasteiger partial charge in [0.05, 0.1) is 11.1 Å². The van der Waals surface area contributed by atoms with Gasteiger partial charge in [-0.1, -0.05) is 33.8 Å². The molecule has 0 saturated carbocycles. The molecule has 0 aliphatic rings. The summed E-state index contributed by atoms with van der Waals surface area (Å²) in [6.07, 6.45) is 0. The molecule has 0 bridgehead atoms. The van der Waals surface area contributed by atoms with E-state index in [-0.39, 0.29) is 56.2 Å². The second-order valence-electron chi connectivity index (χ2n) is 4.57. The second kappa shape index (κ2) is 13.9. The molecule has 0 saturated heterocycles. The number of hydrogen-bond acceptors (Lipinski definition) is 2. The number of hydrogen-bond donors (Lipinski definition) is 2. The number of aromatic carboxylic acids is 2. The van der Waals surface area contributed by atoms with E-state index in [9.17, 15) is 9.59 Å². The van der Waals surface area contributed by atoms with E-state index in [0.717, 1.165) is 6.07 Å². The van der Waals surface area contributed by atoms with E-state index < -0.39 is 11.9 Å². The van der Waals surface area contributed by atoms with Gasteiger partial charge < -0.3 is 15.7 Å². The van der Waals surface area contributed by atoms with Crippen LogP contribution in [0.2, 0.25) is 0 Å². The van der Waals surface area contributed by atoms with Crippen molar-refractivity contribution in [3.05, 3.63) is 35.4 Å². The van der Waals surface area contributed by atoms with Crippen LogP contribution in [0.15, 0.2) is 24.3 Å². The Balaban J connectivity index is -0.000000332. The first-order valence-electron chi connectivity index (χ1n) is 7.16. The van der Waals surface area contributed by atoms with Gasteiger partial charge in [-0.2, -0.15) is 0 Å². The van der Waals surface area contributed by atoms with Crippen molar-refractivity contribution in [3.8, 4) is 0 Å². The fourth-order valence-corrected chi connectivity index (χ4v) is 4.46. The van der Waals surface area contributed by atoms with Crippen molar-refractivity contribution >= 4 is 51.5 Å². The van der Waals surface area contributed by atoms with E-state index in [0.29, 0.717) is 0 Å². The third-order valence-electron chi connectivity index (χ3n) is 3.81. The predicted octanol–water partition coefficient (Wildman–Crippen LogP) is 2.48. The van der Waals surface area contributed by atoms with Gasteiger partial charge in [0.15, 0.2) is 0 Å². The number of carboxylic acids is 2. The van der Waals surface area contributed by atoms with Crippen LogP contribution in [0.1, 0.15) is 48.4 Å². The van der Waals surface area contributed by atoms with Crippen molar-refractivity contribution in [2.24, 2.45) is 0 Å². The molecular formula is C16H29NaO5S. The van der Waals surface area contributed by atoms with Crippen LogP contribution in [0.4, 0.5) is 0 Å². The summed E-state index contributed by atoms with van der Waals surface area (Å²) < 4.78 is 0. The quantitative estimate of drug-likeness (QED) is 0.764. The molecular weight excluding hydrogens is 327 g/mol. The van der Waals surface area contributed by atoms with Gasteiger partial charge in [0.1, 0.15) is 0 Å². The standard InChI is InChI=1S/C8H6O4.C8H20S.Na.H2O.H/c9-7(10)5-2-1-3-6(4-5)8(11)12;1-5-9(6-2,7-3)8-4;;;/h1-4H,(H,9,10)(H,11,12);5-8H2,1-4H3;;1H2;. The third-order valence-corrected chi connectivity index (χ3v) is 8.70. The molecule has 0 radical (unpaired) electrons. The molecule has 0 aliphatic carbocycles. The Bertz CT molecular complexity index is 429. The number of benzene rings is 1. The molecule has 0 heterocycles. The van der Waals surface area contributed by atoms with Crippen LogP contribution in [-0.4, -0.2) is 80.2 Å². The van der Waals surface area contributed by atoms with Gasteiger partial charge in [-0.15, -0.1) is 0 Å². The van der Waals surface area contributed by atoms with E-state index >= 15 is 0 Å². The fraction of sp³-hybridized carbons (Fsp3) is 0.500. The number of carbonyl (C=O) groups is 2. The normalized spacial score (nSPS) is 10.3. The first-order valence-corrected chi connectivity index (χ1v) is 9.47. The minimum atomic E-state index is -1.13. The Hall–Kier alpha value is -0.530. The van der Waals surface area contributed by atoms with E-state index in [4.69, 9.17) is 10.2 Å². The minimum absolute atomic E-state index is 0. The third kappa shape index (κ3) is 9.37. The van der Waals surface area contributed by atoms with Crippen molar-refractivity contribution in [1.29, 1.82) is 0 Å². The monoisotopic (exact) mass is 356 g/mol. The summed E-state index contributed by atoms with van der Waals surface area (Å²) in [5.41, 5.74) is -0.0372. The SMILES string of the molecule is CCS(CC)(CC)CC.O.O=C(O)c1cccc(C(=O)O)c1.[NaH]. The van der Waals surface area contributed by atoms with Gasteiger partial charge in [0.25, 0.3) is 0 Å². The molecule has 4 N–H and O–H groups in total. The molecule has 1 rings (SSSR count). The van der Waals surface area contributed by atoms with Crippen molar-refractivity contribution in [2.45, 2.75) is 27.7 Å². The predicted molar refractivity (Wildman–Crippen MR) is 101 cm³/mol. The van der Waals surface area contributed by atoms with Crippen LogP contribution in [0.3, 0.4) is 0 Å². The van der Waals surface area contributed by atoms with Crippen LogP contribution in [-0.2, 0) is 0 Å². The van der Waals surface area contributed by atoms with E-state index in [2.05, 4.69) is 27.7 Å². The summed E-state index contributed by atoms with van der Waals surface area (Å²) in [6.45, 7) is 9.36. The average molecular weight is 356 g/mol. The van der Waals surface area contributed by atoms with E-state index in [1.807, 2.05) is 0 Å². The van der Waals surface area contributed by atoms with Gasteiger partial charge in [-0.05, 0) is 41.2 Å². The Morgan fingerprint density at radius 3 is 1.35 bits per heavy atom. The van der Waals surface area contributed by atoms with Crippen LogP contribution >= 0.6 is 10.0 Å². The molecule has 0 amide bonds. The van der Waals surface area contributed by atoms with Crippen LogP contribution in [0.25, 0.3) is 0 Å². The molecule has 0 unspecified atom stereocenters. The maximum absolute atomic E-state index is 10.4. The van der Waals surface area contributed by atoms with E-state index in [1.54, 1.807) is 0 Å². The van der Waals surface area contributed by atoms with Gasteiger partial charge in [-0.25, -0.2) is 19.6 Å². The summed E-state index contributed by atoms with van der Waals surface area (Å²) in [5, 5.41) is 17.0. The molecule has 1 aromatic rings. The van der Waals surface area contributed by atoms with Gasteiger partial charge in [0, 0.05) is 0 Å². The summed E-state index contributed by atoms with van der Waals surface area (Å²) in [7, 11) is -0.148. The van der Waals surface area contributed by atoms with Crippen molar-refractivity contribution < 1.29 is 25.3 Å². The van der Waals surface area contributed by atoms with Crippen molar-refractivity contribution in [1.82, 2.24) is 0 Å². The average Bonchev–Trinajstić information content (AvgIpc) is 2.51. The Labute approximate surface area is 162 Å². The zero-order valence-corrected chi connectivity index (χ0v) is 14.6. The first kappa shape index (κ1) is 27.3. The zero-order chi connectivity index (χ0) is 16.5. The maximum atomic E-state index is 10.4. The summed E-state index contributed by atoms with van der Waals surface area (Å²) >= 11 is 0. The molecule has 0 aromatic heterocycles. The van der Waals surface area contributed by atoms with Crippen LogP contribution in [0, 0.1) is 0 Å². The summed E-state index contributed by atoms with van der Waals surface area (Å²) in [6, 6.07) is 5.20. The van der Waals surface area contributed by atoms with Crippen molar-refractivity contribution in [2.75, 3.05) is 23.0 Å². The van der Waals surface area contributed by atoms with Crippen LogP contribution < -0.4 is 0 Å². The molecule has 7 heteroatoms. The number of rotatable bonds is 6. The molecule has 5 nitrogen and oxygen atoms in total. The van der Waals surface area contributed by atoms with Crippen LogP contribution in [0.5, 0.6) is 0 Å². The summed E-state index contributed by atoms with van der Waals surface area (Å²) in [4.78, 5) is 20.8. The molecule has 0 atom stereocenters. The zero-order valence-electron chi connectivity index (χ0n) is 13.8.